The summed E-state index contributed by atoms with van der Waals surface area (Å²) in [6, 6.07) is 0. The number of aryl methyl sites for hydroxylation is 1. The van der Waals surface area contributed by atoms with Crippen molar-refractivity contribution >= 4 is 28.3 Å². The van der Waals surface area contributed by atoms with Crippen molar-refractivity contribution in [2.45, 2.75) is 20.3 Å². The van der Waals surface area contributed by atoms with E-state index in [9.17, 15) is 4.79 Å². The number of anilines is 2. The molecule has 2 aromatic heterocycles. The first-order valence-corrected chi connectivity index (χ1v) is 8.17. The molecule has 7 nitrogen and oxygen atoms in total. The van der Waals surface area contributed by atoms with Crippen LogP contribution in [0.3, 0.4) is 0 Å². The van der Waals surface area contributed by atoms with Gasteiger partial charge in [0.2, 0.25) is 11.0 Å². The summed E-state index contributed by atoms with van der Waals surface area (Å²) in [6.07, 6.45) is 4.46. The van der Waals surface area contributed by atoms with E-state index in [-0.39, 0.29) is 5.91 Å². The second-order valence-corrected chi connectivity index (χ2v) is 6.66. The van der Waals surface area contributed by atoms with Gasteiger partial charge in [0.05, 0.1) is 18.4 Å². The number of amides is 1. The van der Waals surface area contributed by atoms with Gasteiger partial charge in [0, 0.05) is 44.3 Å². The molecule has 0 aliphatic carbocycles. The summed E-state index contributed by atoms with van der Waals surface area (Å²) in [5, 5.41) is 4.97. The van der Waals surface area contributed by atoms with Crippen LogP contribution < -0.4 is 9.80 Å². The quantitative estimate of drug-likeness (QED) is 0.850. The van der Waals surface area contributed by atoms with Crippen molar-refractivity contribution in [3.8, 4) is 0 Å². The Balaban J connectivity index is 1.67. The Morgan fingerprint density at radius 3 is 2.82 bits per heavy atom. The topological polar surface area (TPSA) is 67.2 Å². The van der Waals surface area contributed by atoms with Gasteiger partial charge in [-0.2, -0.15) is 9.47 Å². The van der Waals surface area contributed by atoms with Gasteiger partial charge in [0.1, 0.15) is 5.82 Å². The summed E-state index contributed by atoms with van der Waals surface area (Å²) in [7, 11) is 1.85. The zero-order valence-corrected chi connectivity index (χ0v) is 13.9. The van der Waals surface area contributed by atoms with Gasteiger partial charge in [0.15, 0.2) is 0 Å². The highest BCUT2D eigenvalue weighted by Crippen LogP contribution is 2.23. The Labute approximate surface area is 133 Å². The van der Waals surface area contributed by atoms with Crippen molar-refractivity contribution < 1.29 is 4.79 Å². The van der Waals surface area contributed by atoms with Crippen molar-refractivity contribution in [3.05, 3.63) is 18.2 Å². The highest BCUT2D eigenvalue weighted by atomic mass is 32.1. The minimum Gasteiger partial charge on any atom is -0.336 e. The monoisotopic (exact) mass is 320 g/mol. The van der Waals surface area contributed by atoms with Crippen LogP contribution in [0.4, 0.5) is 10.8 Å². The lowest BCUT2D eigenvalue weighted by Crippen LogP contribution is -2.50. The third-order valence-electron chi connectivity index (χ3n) is 3.54. The van der Waals surface area contributed by atoms with E-state index in [4.69, 9.17) is 0 Å². The van der Waals surface area contributed by atoms with Crippen LogP contribution in [-0.4, -0.2) is 44.7 Å². The van der Waals surface area contributed by atoms with Gasteiger partial charge in [-0.05, 0) is 5.92 Å². The number of rotatable bonds is 4. The van der Waals surface area contributed by atoms with E-state index in [0.717, 1.165) is 29.6 Å². The summed E-state index contributed by atoms with van der Waals surface area (Å²) in [6.45, 7) is 6.04. The molecular weight excluding hydrogens is 300 g/mol. The van der Waals surface area contributed by atoms with E-state index in [0.29, 0.717) is 19.0 Å². The van der Waals surface area contributed by atoms with Crippen LogP contribution in [0, 0.1) is 5.92 Å². The van der Waals surface area contributed by atoms with E-state index in [1.165, 1.54) is 11.5 Å². The first-order valence-electron chi connectivity index (χ1n) is 7.39. The summed E-state index contributed by atoms with van der Waals surface area (Å²) >= 11 is 1.38. The maximum Gasteiger partial charge on any atom is 0.246 e. The summed E-state index contributed by atoms with van der Waals surface area (Å²) < 4.78 is 6.09. The summed E-state index contributed by atoms with van der Waals surface area (Å²) in [4.78, 5) is 20.7. The van der Waals surface area contributed by atoms with E-state index in [1.807, 2.05) is 18.1 Å². The van der Waals surface area contributed by atoms with Crippen LogP contribution in [0.2, 0.25) is 0 Å². The SMILES string of the molecule is CC(C)Cc1nsc(N2CCN(c3cnn(C)c3)C(=O)C2)n1. The minimum absolute atomic E-state index is 0.0693. The van der Waals surface area contributed by atoms with Gasteiger partial charge < -0.3 is 9.80 Å². The number of carbonyl (C=O) groups is 1. The van der Waals surface area contributed by atoms with E-state index < -0.39 is 0 Å². The van der Waals surface area contributed by atoms with Crippen LogP contribution in [0.25, 0.3) is 0 Å². The lowest BCUT2D eigenvalue weighted by molar-refractivity contribution is -0.117. The number of hydrogen-bond acceptors (Lipinski definition) is 6. The molecule has 0 bridgehead atoms. The van der Waals surface area contributed by atoms with Crippen molar-refractivity contribution in [3.63, 3.8) is 0 Å². The average Bonchev–Trinajstić information content (AvgIpc) is 3.07. The Bertz CT molecular complexity index is 664. The lowest BCUT2D eigenvalue weighted by atomic mass is 10.1. The molecule has 3 heterocycles. The molecule has 0 aromatic carbocycles. The number of aromatic nitrogens is 4. The molecule has 1 aliphatic heterocycles. The number of hydrogen-bond donors (Lipinski definition) is 0. The summed E-state index contributed by atoms with van der Waals surface area (Å²) in [5.41, 5.74) is 0.852. The normalized spacial score (nSPS) is 15.9. The van der Waals surface area contributed by atoms with Crippen molar-refractivity contribution in [2.75, 3.05) is 29.4 Å². The fourth-order valence-electron chi connectivity index (χ4n) is 2.48. The largest absolute Gasteiger partial charge is 0.336 e. The predicted molar refractivity (Wildman–Crippen MR) is 86.2 cm³/mol. The van der Waals surface area contributed by atoms with E-state index in [2.05, 4.69) is 28.3 Å². The fraction of sp³-hybridized carbons (Fsp3) is 0.571. The first-order chi connectivity index (χ1) is 10.5. The molecule has 0 atom stereocenters. The lowest BCUT2D eigenvalue weighted by Gasteiger charge is -2.33. The van der Waals surface area contributed by atoms with Crippen molar-refractivity contribution in [1.82, 2.24) is 19.1 Å². The van der Waals surface area contributed by atoms with Crippen LogP contribution in [0.1, 0.15) is 19.7 Å². The molecule has 1 fully saturated rings. The highest BCUT2D eigenvalue weighted by molar-refractivity contribution is 7.09. The molecule has 2 aromatic rings. The summed E-state index contributed by atoms with van der Waals surface area (Å²) in [5.74, 6) is 1.48. The van der Waals surface area contributed by atoms with Crippen LogP contribution in [0.5, 0.6) is 0 Å². The Morgan fingerprint density at radius 1 is 1.36 bits per heavy atom. The molecule has 0 saturated carbocycles. The van der Waals surface area contributed by atoms with Gasteiger partial charge in [-0.3, -0.25) is 9.48 Å². The Hall–Kier alpha value is -1.96. The van der Waals surface area contributed by atoms with Crippen molar-refractivity contribution in [2.24, 2.45) is 13.0 Å². The van der Waals surface area contributed by atoms with Crippen LogP contribution in [0.15, 0.2) is 12.4 Å². The Kier molecular flexibility index (Phi) is 4.10. The fourth-order valence-corrected chi connectivity index (χ4v) is 3.20. The Morgan fingerprint density at radius 2 is 2.18 bits per heavy atom. The molecule has 0 radical (unpaired) electrons. The maximum atomic E-state index is 12.4. The number of nitrogens with zero attached hydrogens (tertiary/aromatic N) is 6. The molecule has 22 heavy (non-hydrogen) atoms. The van der Waals surface area contributed by atoms with E-state index in [1.54, 1.807) is 15.8 Å². The zero-order valence-electron chi connectivity index (χ0n) is 13.1. The average molecular weight is 320 g/mol. The molecular formula is C14H20N6OS. The molecule has 118 valence electrons. The third kappa shape index (κ3) is 3.11. The van der Waals surface area contributed by atoms with Crippen LogP contribution >= 0.6 is 11.5 Å². The van der Waals surface area contributed by atoms with Gasteiger partial charge in [0.25, 0.3) is 0 Å². The predicted octanol–water partition coefficient (Wildman–Crippen LogP) is 1.32. The molecule has 1 saturated heterocycles. The molecule has 0 N–H and O–H groups in total. The molecule has 3 rings (SSSR count). The number of carbonyl (C=O) groups excluding carboxylic acids is 1. The second-order valence-electron chi connectivity index (χ2n) is 5.93. The minimum atomic E-state index is 0.0693. The molecule has 1 aliphatic rings. The third-order valence-corrected chi connectivity index (χ3v) is 4.36. The van der Waals surface area contributed by atoms with Gasteiger partial charge in [-0.1, -0.05) is 13.8 Å². The van der Waals surface area contributed by atoms with Gasteiger partial charge in [-0.15, -0.1) is 0 Å². The van der Waals surface area contributed by atoms with E-state index >= 15 is 0 Å². The highest BCUT2D eigenvalue weighted by Gasteiger charge is 2.27. The van der Waals surface area contributed by atoms with Gasteiger partial charge in [-0.25, -0.2) is 4.98 Å². The molecule has 8 heteroatoms. The molecule has 0 spiro atoms. The first kappa shape index (κ1) is 15.0. The number of piperazine rings is 1. The van der Waals surface area contributed by atoms with Crippen LogP contribution in [-0.2, 0) is 18.3 Å². The zero-order chi connectivity index (χ0) is 15.7. The second kappa shape index (κ2) is 6.04. The smallest absolute Gasteiger partial charge is 0.246 e. The molecule has 0 unspecified atom stereocenters. The molecule has 1 amide bonds. The van der Waals surface area contributed by atoms with Gasteiger partial charge >= 0.3 is 0 Å². The van der Waals surface area contributed by atoms with Crippen molar-refractivity contribution in [1.29, 1.82) is 0 Å². The maximum absolute atomic E-state index is 12.4. The standard InChI is InChI=1S/C14H20N6OS/c1-10(2)6-12-16-14(22-17-12)19-4-5-20(13(21)9-19)11-7-15-18(3)8-11/h7-8,10H,4-6,9H2,1-3H3.